The first-order valence-corrected chi connectivity index (χ1v) is 21.1. The van der Waals surface area contributed by atoms with Gasteiger partial charge in [-0.15, -0.1) is 0 Å². The zero-order valence-corrected chi connectivity index (χ0v) is 35.0. The molecule has 0 unspecified atom stereocenters. The van der Waals surface area contributed by atoms with Gasteiger partial charge in [0.2, 0.25) is 0 Å². The lowest BCUT2D eigenvalue weighted by molar-refractivity contribution is 1.16. The van der Waals surface area contributed by atoms with Crippen molar-refractivity contribution in [3.05, 3.63) is 216 Å². The van der Waals surface area contributed by atoms with Gasteiger partial charge in [-0.1, -0.05) is 138 Å². The monoisotopic (exact) mass is 772 g/mol. The van der Waals surface area contributed by atoms with Crippen LogP contribution in [-0.4, -0.2) is 0 Å². The fourth-order valence-corrected chi connectivity index (χ4v) is 9.00. The summed E-state index contributed by atoms with van der Waals surface area (Å²) in [4.78, 5) is 4.69. The zero-order chi connectivity index (χ0) is 40.9. The molecule has 10 rings (SSSR count). The Bertz CT molecular complexity index is 3010. The van der Waals surface area contributed by atoms with Crippen molar-refractivity contribution in [1.29, 1.82) is 0 Å². The van der Waals surface area contributed by atoms with Crippen molar-refractivity contribution >= 4 is 66.4 Å². The topological polar surface area (TPSA) is 6.48 Å². The van der Waals surface area contributed by atoms with Gasteiger partial charge in [0.15, 0.2) is 0 Å². The normalized spacial score (nSPS) is 11.5. The smallest absolute Gasteiger partial charge is 0.0462 e. The molecule has 0 saturated heterocycles. The molecule has 2 heteroatoms. The summed E-state index contributed by atoms with van der Waals surface area (Å²) in [6, 6.07) is 69.9. The number of hydrogen-bond donors (Lipinski definition) is 0. The summed E-state index contributed by atoms with van der Waals surface area (Å²) < 4.78 is 0. The molecule has 0 aromatic heterocycles. The summed E-state index contributed by atoms with van der Waals surface area (Å²) in [5, 5.41) is 7.89. The molecule has 0 amide bonds. The first-order chi connectivity index (χ1) is 29.3. The zero-order valence-electron chi connectivity index (χ0n) is 35.0. The molecule has 0 spiro atoms. The molecule has 0 aliphatic heterocycles. The number of benzene rings is 10. The van der Waals surface area contributed by atoms with Crippen LogP contribution in [0.2, 0.25) is 0 Å². The van der Waals surface area contributed by atoms with Crippen molar-refractivity contribution < 1.29 is 0 Å². The Kier molecular flexibility index (Phi) is 9.42. The second-order valence-corrected chi connectivity index (χ2v) is 16.4. The number of rotatable bonds is 9. The Morgan fingerprint density at radius 3 is 1.07 bits per heavy atom. The minimum atomic E-state index is 0.959. The van der Waals surface area contributed by atoms with Crippen LogP contribution >= 0.6 is 0 Å². The molecule has 2 nitrogen and oxygen atoms in total. The largest absolute Gasteiger partial charge is 0.311 e. The van der Waals surface area contributed by atoms with Crippen LogP contribution in [0.4, 0.5) is 34.1 Å². The molecule has 0 atom stereocenters. The van der Waals surface area contributed by atoms with E-state index in [1.165, 1.54) is 82.4 Å². The Balaban J connectivity index is 1.07. The minimum Gasteiger partial charge on any atom is -0.311 e. The summed E-state index contributed by atoms with van der Waals surface area (Å²) >= 11 is 0. The van der Waals surface area contributed by atoms with E-state index in [0.717, 1.165) is 40.5 Å². The highest BCUT2D eigenvalue weighted by Gasteiger charge is 2.19. The van der Waals surface area contributed by atoms with Crippen LogP contribution in [0.5, 0.6) is 0 Å². The number of aryl methyl sites for hydroxylation is 5. The molecule has 10 aromatic carbocycles. The Labute approximate surface area is 354 Å². The van der Waals surface area contributed by atoms with Gasteiger partial charge in [0.05, 0.1) is 0 Å². The molecular weight excluding hydrogens is 725 g/mol. The van der Waals surface area contributed by atoms with Crippen LogP contribution in [0, 0.1) is 27.7 Å². The van der Waals surface area contributed by atoms with E-state index in [9.17, 15) is 0 Å². The van der Waals surface area contributed by atoms with Crippen molar-refractivity contribution in [2.24, 2.45) is 0 Å². The maximum Gasteiger partial charge on any atom is 0.0462 e. The first kappa shape index (κ1) is 37.1. The maximum atomic E-state index is 2.43. The summed E-state index contributed by atoms with van der Waals surface area (Å²) in [5.41, 5.74) is 18.2. The third-order valence-corrected chi connectivity index (χ3v) is 12.3. The van der Waals surface area contributed by atoms with Crippen molar-refractivity contribution in [2.75, 3.05) is 9.80 Å². The molecule has 0 fully saturated rings. The average Bonchev–Trinajstić information content (AvgIpc) is 3.28. The highest BCUT2D eigenvalue weighted by molar-refractivity contribution is 6.28. The molecule has 10 aromatic rings. The first-order valence-electron chi connectivity index (χ1n) is 21.1. The Morgan fingerprint density at radius 2 is 0.650 bits per heavy atom. The van der Waals surface area contributed by atoms with Crippen molar-refractivity contribution in [3.63, 3.8) is 0 Å². The summed E-state index contributed by atoms with van der Waals surface area (Å²) in [6.07, 6.45) is 0.959. The van der Waals surface area contributed by atoms with Gasteiger partial charge in [0.1, 0.15) is 0 Å². The second-order valence-electron chi connectivity index (χ2n) is 16.4. The van der Waals surface area contributed by atoms with E-state index < -0.39 is 0 Å². The van der Waals surface area contributed by atoms with Crippen LogP contribution < -0.4 is 9.80 Å². The van der Waals surface area contributed by atoms with Gasteiger partial charge in [-0.3, -0.25) is 0 Å². The van der Waals surface area contributed by atoms with Crippen LogP contribution in [-0.2, 0) is 6.42 Å². The molecule has 0 aliphatic carbocycles. The van der Waals surface area contributed by atoms with Gasteiger partial charge in [-0.25, -0.2) is 0 Å². The van der Waals surface area contributed by atoms with Gasteiger partial charge in [-0.2, -0.15) is 0 Å². The number of anilines is 6. The molecule has 0 bridgehead atoms. The van der Waals surface area contributed by atoms with Gasteiger partial charge >= 0.3 is 0 Å². The maximum absolute atomic E-state index is 2.43. The summed E-state index contributed by atoms with van der Waals surface area (Å²) in [6.45, 7) is 10.8. The predicted octanol–water partition coefficient (Wildman–Crippen LogP) is 16.7. The highest BCUT2D eigenvalue weighted by atomic mass is 15.1. The van der Waals surface area contributed by atoms with Crippen LogP contribution in [0.3, 0.4) is 0 Å². The molecule has 0 radical (unpaired) electrons. The average molecular weight is 773 g/mol. The predicted molar refractivity (Wildman–Crippen MR) is 259 cm³/mol. The molecule has 0 heterocycles. The lowest BCUT2D eigenvalue weighted by Gasteiger charge is -2.26. The lowest BCUT2D eigenvalue weighted by Crippen LogP contribution is -2.09. The van der Waals surface area contributed by atoms with Crippen molar-refractivity contribution in [2.45, 2.75) is 41.0 Å². The van der Waals surface area contributed by atoms with Gasteiger partial charge < -0.3 is 9.80 Å². The lowest BCUT2D eigenvalue weighted by atomic mass is 9.85. The quantitative estimate of drug-likeness (QED) is 0.135. The van der Waals surface area contributed by atoms with Crippen LogP contribution in [0.15, 0.2) is 188 Å². The molecule has 0 N–H and O–H groups in total. The summed E-state index contributed by atoms with van der Waals surface area (Å²) in [7, 11) is 0. The van der Waals surface area contributed by atoms with Crippen LogP contribution in [0.25, 0.3) is 54.6 Å². The molecule has 0 saturated carbocycles. The van der Waals surface area contributed by atoms with Gasteiger partial charge in [0.25, 0.3) is 0 Å². The molecule has 0 aliphatic rings. The number of hydrogen-bond acceptors (Lipinski definition) is 2. The molecular formula is C58H48N2. The van der Waals surface area contributed by atoms with E-state index in [2.05, 4.69) is 232 Å². The van der Waals surface area contributed by atoms with E-state index in [-0.39, 0.29) is 0 Å². The van der Waals surface area contributed by atoms with E-state index in [0.29, 0.717) is 0 Å². The van der Waals surface area contributed by atoms with Gasteiger partial charge in [0, 0.05) is 34.1 Å². The van der Waals surface area contributed by atoms with Crippen molar-refractivity contribution in [1.82, 2.24) is 0 Å². The third-order valence-electron chi connectivity index (χ3n) is 12.3. The fourth-order valence-electron chi connectivity index (χ4n) is 9.00. The molecule has 60 heavy (non-hydrogen) atoms. The minimum absolute atomic E-state index is 0.959. The van der Waals surface area contributed by atoms with Crippen molar-refractivity contribution in [3.8, 4) is 22.3 Å². The summed E-state index contributed by atoms with van der Waals surface area (Å²) in [5.74, 6) is 0. The Morgan fingerprint density at radius 1 is 0.317 bits per heavy atom. The highest BCUT2D eigenvalue weighted by Crippen LogP contribution is 2.45. The van der Waals surface area contributed by atoms with Gasteiger partial charge in [-0.05, 0) is 173 Å². The number of nitrogens with zero attached hydrogens (tertiary/aromatic N) is 2. The third kappa shape index (κ3) is 6.65. The van der Waals surface area contributed by atoms with Crippen LogP contribution in [0.1, 0.15) is 34.7 Å². The van der Waals surface area contributed by atoms with E-state index in [4.69, 9.17) is 0 Å². The SMILES string of the molecule is CCc1cc(-c2ccc(N(c3ccc(C)cc3)c3ccc(C)cc3)cc2)c2ccc3ccc(-c4ccc(N(c5ccc(C)cc5)c5ccc(C)cc5)cc4)c4ccc1c2c34. The standard InChI is InChI=1S/C58H48N2/c1-6-42-37-56(44-17-31-51(32-18-44)60(48-25-11-40(4)12-26-48)49-27-13-41(5)14-28-49)55-34-20-45-19-33-52(54-36-35-53(42)58(55)57(45)54)43-15-29-50(30-16-43)59(46-21-7-38(2)8-22-46)47-23-9-39(3)10-24-47/h7-37H,6H2,1-5H3. The Hall–Kier alpha value is -7.16. The molecule has 290 valence electrons. The fraction of sp³-hybridized carbons (Fsp3) is 0.103. The van der Waals surface area contributed by atoms with E-state index in [1.54, 1.807) is 0 Å². The van der Waals surface area contributed by atoms with E-state index in [1.807, 2.05) is 0 Å². The second kappa shape index (κ2) is 15.2. The van der Waals surface area contributed by atoms with E-state index >= 15 is 0 Å².